The minimum Gasteiger partial charge on any atom is -0.462 e. The minimum atomic E-state index is -0.803. The van der Waals surface area contributed by atoms with Gasteiger partial charge in [-0.2, -0.15) is 0 Å². The minimum absolute atomic E-state index is 0.0400. The summed E-state index contributed by atoms with van der Waals surface area (Å²) in [5.41, 5.74) is 0. The van der Waals surface area contributed by atoms with Gasteiger partial charge in [-0.15, -0.1) is 0 Å². The number of allylic oxidation sites excluding steroid dienone is 10. The lowest BCUT2D eigenvalue weighted by molar-refractivity contribution is -0.151. The molecule has 0 spiro atoms. The fourth-order valence-electron chi connectivity index (χ4n) is 8.58. The third-order valence-corrected chi connectivity index (χ3v) is 12.9. The summed E-state index contributed by atoms with van der Waals surface area (Å²) in [4.78, 5) is 26.2. The number of amides is 1. The zero-order valence-electron chi connectivity index (χ0n) is 43.8. The van der Waals surface area contributed by atoms with Crippen LogP contribution in [-0.2, 0) is 14.3 Å². The first-order valence-corrected chi connectivity index (χ1v) is 28.5. The SMILES string of the molecule is CC/C=C\C/C=C\C/C=C\C/C=C\C/C=C\CCCC(CC(=O)NC(CO)C(O)CCCCCCCCCCCCCC)OC(=O)CCCCCCCCCCCCCCCCCCCC. The molecule has 0 aliphatic heterocycles. The second-order valence-corrected chi connectivity index (χ2v) is 19.3. The highest BCUT2D eigenvalue weighted by Gasteiger charge is 2.24. The van der Waals surface area contributed by atoms with Crippen molar-refractivity contribution in [1.29, 1.82) is 0 Å². The van der Waals surface area contributed by atoms with Gasteiger partial charge >= 0.3 is 5.97 Å². The van der Waals surface area contributed by atoms with Crippen LogP contribution < -0.4 is 5.32 Å². The molecule has 66 heavy (non-hydrogen) atoms. The van der Waals surface area contributed by atoms with Crippen molar-refractivity contribution in [2.75, 3.05) is 6.61 Å². The van der Waals surface area contributed by atoms with Crippen molar-refractivity contribution < 1.29 is 24.5 Å². The van der Waals surface area contributed by atoms with Gasteiger partial charge in [0.1, 0.15) is 6.10 Å². The van der Waals surface area contributed by atoms with Crippen LogP contribution in [0.5, 0.6) is 0 Å². The summed E-state index contributed by atoms with van der Waals surface area (Å²) >= 11 is 0. The Balaban J connectivity index is 4.63. The summed E-state index contributed by atoms with van der Waals surface area (Å²) < 4.78 is 5.93. The smallest absolute Gasteiger partial charge is 0.306 e. The van der Waals surface area contributed by atoms with E-state index in [1.807, 2.05) is 0 Å². The third-order valence-electron chi connectivity index (χ3n) is 12.9. The first-order valence-electron chi connectivity index (χ1n) is 28.5. The number of aliphatic hydroxyl groups is 2. The van der Waals surface area contributed by atoms with Gasteiger partial charge in [0, 0.05) is 6.42 Å². The molecule has 0 aromatic heterocycles. The van der Waals surface area contributed by atoms with Crippen LogP contribution in [0.2, 0.25) is 0 Å². The quantitative estimate of drug-likeness (QED) is 0.0321. The topological polar surface area (TPSA) is 95.9 Å². The summed E-state index contributed by atoms with van der Waals surface area (Å²) in [6.45, 7) is 6.38. The molecular weight excluding hydrogens is 815 g/mol. The zero-order valence-corrected chi connectivity index (χ0v) is 43.8. The van der Waals surface area contributed by atoms with Crippen molar-refractivity contribution in [3.8, 4) is 0 Å². The van der Waals surface area contributed by atoms with Crippen molar-refractivity contribution in [2.45, 2.75) is 302 Å². The van der Waals surface area contributed by atoms with Gasteiger partial charge in [0.15, 0.2) is 0 Å². The van der Waals surface area contributed by atoms with Crippen LogP contribution in [0.4, 0.5) is 0 Å². The van der Waals surface area contributed by atoms with Gasteiger partial charge in [0.25, 0.3) is 0 Å². The maximum absolute atomic E-state index is 13.2. The Morgan fingerprint density at radius 3 is 1.21 bits per heavy atom. The second-order valence-electron chi connectivity index (χ2n) is 19.3. The Morgan fingerprint density at radius 2 is 0.818 bits per heavy atom. The van der Waals surface area contributed by atoms with Crippen LogP contribution in [0, 0.1) is 0 Å². The Kier molecular flexibility index (Phi) is 51.5. The summed E-state index contributed by atoms with van der Waals surface area (Å²) in [6, 6.07) is -0.720. The molecule has 0 aromatic rings. The van der Waals surface area contributed by atoms with Crippen LogP contribution in [0.25, 0.3) is 0 Å². The first kappa shape index (κ1) is 63.6. The van der Waals surface area contributed by atoms with Gasteiger partial charge in [-0.25, -0.2) is 0 Å². The van der Waals surface area contributed by atoms with E-state index in [2.05, 4.69) is 86.8 Å². The van der Waals surface area contributed by atoms with Gasteiger partial charge in [0.05, 0.1) is 25.2 Å². The summed E-state index contributed by atoms with van der Waals surface area (Å²) in [7, 11) is 0. The highest BCUT2D eigenvalue weighted by atomic mass is 16.5. The highest BCUT2D eigenvalue weighted by molar-refractivity contribution is 5.77. The van der Waals surface area contributed by atoms with E-state index < -0.39 is 18.2 Å². The van der Waals surface area contributed by atoms with E-state index in [4.69, 9.17) is 4.74 Å². The molecule has 0 saturated heterocycles. The van der Waals surface area contributed by atoms with E-state index in [0.717, 1.165) is 83.5 Å². The molecule has 3 N–H and O–H groups in total. The average molecular weight is 925 g/mol. The lowest BCUT2D eigenvalue weighted by Gasteiger charge is -2.24. The van der Waals surface area contributed by atoms with E-state index in [1.54, 1.807) is 0 Å². The molecule has 0 aromatic carbocycles. The van der Waals surface area contributed by atoms with Crippen LogP contribution in [0.1, 0.15) is 284 Å². The first-order chi connectivity index (χ1) is 32.5. The second kappa shape index (κ2) is 53.5. The predicted molar refractivity (Wildman–Crippen MR) is 287 cm³/mol. The van der Waals surface area contributed by atoms with E-state index in [-0.39, 0.29) is 24.9 Å². The molecule has 0 aliphatic rings. The van der Waals surface area contributed by atoms with E-state index in [1.165, 1.54) is 154 Å². The Hall–Kier alpha value is -2.44. The van der Waals surface area contributed by atoms with Crippen molar-refractivity contribution >= 4 is 11.9 Å². The number of rotatable bonds is 51. The highest BCUT2D eigenvalue weighted by Crippen LogP contribution is 2.18. The standard InChI is InChI=1S/C60H109NO5/c1-4-7-10-13-16-19-22-25-27-29-31-33-35-38-41-44-47-50-53-60(65)66-56(51-48-45-42-39-36-34-32-30-28-26-23-20-17-14-11-8-5-2)54-59(64)61-57(55-62)58(63)52-49-46-43-40-37-24-21-18-15-12-9-6-3/h8,11,17,20,26,28,32,34,39,42,56-58,62-63H,4-7,9-10,12-16,18-19,21-25,27,29-31,33,35-38,40-41,43-55H2,1-3H3,(H,61,64)/b11-8-,20-17-,28-26-,34-32-,42-39-. The molecule has 0 saturated carbocycles. The molecule has 3 atom stereocenters. The molecule has 0 fully saturated rings. The fourth-order valence-corrected chi connectivity index (χ4v) is 8.58. The van der Waals surface area contributed by atoms with Crippen molar-refractivity contribution in [3.05, 3.63) is 60.8 Å². The Labute approximate surface area is 409 Å². The van der Waals surface area contributed by atoms with Crippen molar-refractivity contribution in [3.63, 3.8) is 0 Å². The molecule has 3 unspecified atom stereocenters. The number of esters is 1. The van der Waals surface area contributed by atoms with Gasteiger partial charge in [0.2, 0.25) is 5.91 Å². The van der Waals surface area contributed by atoms with Crippen LogP contribution >= 0.6 is 0 Å². The van der Waals surface area contributed by atoms with Gasteiger partial charge < -0.3 is 20.3 Å². The van der Waals surface area contributed by atoms with Crippen molar-refractivity contribution in [1.82, 2.24) is 5.32 Å². The number of nitrogens with one attached hydrogen (secondary N) is 1. The largest absolute Gasteiger partial charge is 0.462 e. The average Bonchev–Trinajstić information content (AvgIpc) is 3.31. The van der Waals surface area contributed by atoms with E-state index >= 15 is 0 Å². The molecule has 1 amide bonds. The molecule has 0 bridgehead atoms. The van der Waals surface area contributed by atoms with Gasteiger partial charge in [-0.1, -0.05) is 268 Å². The fraction of sp³-hybridized carbons (Fsp3) is 0.800. The van der Waals surface area contributed by atoms with E-state index in [9.17, 15) is 19.8 Å². The van der Waals surface area contributed by atoms with Crippen LogP contribution in [0.15, 0.2) is 60.8 Å². The van der Waals surface area contributed by atoms with Crippen LogP contribution in [-0.4, -0.2) is 46.9 Å². The molecule has 0 rings (SSSR count). The molecular formula is C60H109NO5. The number of aliphatic hydroxyl groups excluding tert-OH is 2. The number of carbonyl (C=O) groups excluding carboxylic acids is 2. The third kappa shape index (κ3) is 48.0. The molecule has 6 heteroatoms. The normalized spacial score (nSPS) is 13.6. The number of ether oxygens (including phenoxy) is 1. The molecule has 0 heterocycles. The number of hydrogen-bond donors (Lipinski definition) is 3. The molecule has 0 aliphatic carbocycles. The summed E-state index contributed by atoms with van der Waals surface area (Å²) in [6.07, 6.45) is 67.2. The number of carbonyl (C=O) groups is 2. The lowest BCUT2D eigenvalue weighted by Crippen LogP contribution is -2.46. The molecule has 6 nitrogen and oxygen atoms in total. The van der Waals surface area contributed by atoms with Crippen molar-refractivity contribution in [2.24, 2.45) is 0 Å². The van der Waals surface area contributed by atoms with E-state index in [0.29, 0.717) is 19.3 Å². The summed E-state index contributed by atoms with van der Waals surface area (Å²) in [5, 5.41) is 23.8. The van der Waals surface area contributed by atoms with Crippen LogP contribution in [0.3, 0.4) is 0 Å². The maximum Gasteiger partial charge on any atom is 0.306 e. The summed E-state index contributed by atoms with van der Waals surface area (Å²) in [5.74, 6) is -0.520. The zero-order chi connectivity index (χ0) is 48.1. The Morgan fingerprint density at radius 1 is 0.455 bits per heavy atom. The van der Waals surface area contributed by atoms with Gasteiger partial charge in [-0.05, 0) is 64.2 Å². The Bertz CT molecular complexity index is 1170. The molecule has 384 valence electrons. The molecule has 0 radical (unpaired) electrons. The number of hydrogen-bond acceptors (Lipinski definition) is 5. The number of unbranched alkanes of at least 4 members (excludes halogenated alkanes) is 29. The maximum atomic E-state index is 13.2. The predicted octanol–water partition coefficient (Wildman–Crippen LogP) is 17.6. The lowest BCUT2D eigenvalue weighted by atomic mass is 10.0. The van der Waals surface area contributed by atoms with Gasteiger partial charge in [-0.3, -0.25) is 9.59 Å². The monoisotopic (exact) mass is 924 g/mol.